The van der Waals surface area contributed by atoms with Crippen LogP contribution < -0.4 is 5.32 Å². The van der Waals surface area contributed by atoms with Gasteiger partial charge in [-0.3, -0.25) is 0 Å². The normalized spacial score (nSPS) is 14.6. The number of hydrogen-bond donors (Lipinski definition) is 1. The summed E-state index contributed by atoms with van der Waals surface area (Å²) in [6.45, 7) is 6.56. The quantitative estimate of drug-likeness (QED) is 0.775. The van der Waals surface area contributed by atoms with Crippen LogP contribution in [0.4, 0.5) is 4.39 Å². The van der Waals surface area contributed by atoms with Gasteiger partial charge in [-0.1, -0.05) is 38.5 Å². The van der Waals surface area contributed by atoms with Crippen molar-refractivity contribution < 1.29 is 4.39 Å². The van der Waals surface area contributed by atoms with E-state index >= 15 is 0 Å². The van der Waals surface area contributed by atoms with E-state index in [1.807, 2.05) is 19.2 Å². The van der Waals surface area contributed by atoms with Gasteiger partial charge in [0.1, 0.15) is 5.82 Å². The van der Waals surface area contributed by atoms with Gasteiger partial charge in [0.15, 0.2) is 0 Å². The summed E-state index contributed by atoms with van der Waals surface area (Å²) in [5, 5.41) is 3.22. The van der Waals surface area contributed by atoms with E-state index in [1.54, 1.807) is 6.07 Å². The molecule has 0 heterocycles. The summed E-state index contributed by atoms with van der Waals surface area (Å²) in [4.78, 5) is 2.33. The molecule has 1 aromatic rings. The standard InChI is InChI=1S/C16H27FN2/c1-5-13(2)12-19(4)11-10-16(18-3)14-8-6-7-9-15(14)17/h6-9,13,16,18H,5,10-12H2,1-4H3. The maximum absolute atomic E-state index is 13.8. The average Bonchev–Trinajstić information content (AvgIpc) is 2.41. The third-order valence-electron chi connectivity index (χ3n) is 3.75. The largest absolute Gasteiger partial charge is 0.313 e. The van der Waals surface area contributed by atoms with Crippen molar-refractivity contribution in [2.24, 2.45) is 5.92 Å². The van der Waals surface area contributed by atoms with Gasteiger partial charge in [-0.15, -0.1) is 0 Å². The monoisotopic (exact) mass is 266 g/mol. The van der Waals surface area contributed by atoms with Crippen LogP contribution in [0.15, 0.2) is 24.3 Å². The summed E-state index contributed by atoms with van der Waals surface area (Å²) in [6, 6.07) is 7.11. The Morgan fingerprint density at radius 3 is 2.58 bits per heavy atom. The van der Waals surface area contributed by atoms with Gasteiger partial charge in [-0.2, -0.15) is 0 Å². The van der Waals surface area contributed by atoms with E-state index in [0.717, 1.165) is 25.1 Å². The number of halogens is 1. The Morgan fingerprint density at radius 1 is 1.32 bits per heavy atom. The topological polar surface area (TPSA) is 15.3 Å². The first-order valence-electron chi connectivity index (χ1n) is 7.18. The van der Waals surface area contributed by atoms with E-state index in [-0.39, 0.29) is 11.9 Å². The Bertz CT molecular complexity index is 368. The first kappa shape index (κ1) is 16.1. The molecular weight excluding hydrogens is 239 g/mol. The Labute approximate surface area is 117 Å². The molecule has 0 aromatic heterocycles. The molecule has 19 heavy (non-hydrogen) atoms. The van der Waals surface area contributed by atoms with Gasteiger partial charge < -0.3 is 10.2 Å². The smallest absolute Gasteiger partial charge is 0.127 e. The molecule has 1 aromatic carbocycles. The second kappa shape index (κ2) is 8.28. The van der Waals surface area contributed by atoms with Crippen molar-refractivity contribution >= 4 is 0 Å². The molecule has 0 fully saturated rings. The van der Waals surface area contributed by atoms with E-state index in [9.17, 15) is 4.39 Å². The third kappa shape index (κ3) is 5.29. The van der Waals surface area contributed by atoms with Crippen LogP contribution in [0.25, 0.3) is 0 Å². The average molecular weight is 266 g/mol. The fourth-order valence-corrected chi connectivity index (χ4v) is 2.31. The van der Waals surface area contributed by atoms with Gasteiger partial charge in [0.05, 0.1) is 0 Å². The maximum Gasteiger partial charge on any atom is 0.127 e. The van der Waals surface area contributed by atoms with Crippen LogP contribution in [0.1, 0.15) is 38.3 Å². The SMILES string of the molecule is CCC(C)CN(C)CCC(NC)c1ccccc1F. The zero-order valence-electron chi connectivity index (χ0n) is 12.6. The molecule has 0 radical (unpaired) electrons. The van der Waals surface area contributed by atoms with Gasteiger partial charge >= 0.3 is 0 Å². The molecule has 0 saturated carbocycles. The second-order valence-corrected chi connectivity index (χ2v) is 5.43. The summed E-state index contributed by atoms with van der Waals surface area (Å²) in [5.41, 5.74) is 0.766. The Hall–Kier alpha value is -0.930. The first-order valence-corrected chi connectivity index (χ1v) is 7.18. The molecule has 0 amide bonds. The van der Waals surface area contributed by atoms with Crippen molar-refractivity contribution in [1.29, 1.82) is 0 Å². The third-order valence-corrected chi connectivity index (χ3v) is 3.75. The predicted molar refractivity (Wildman–Crippen MR) is 79.8 cm³/mol. The Balaban J connectivity index is 2.52. The molecule has 2 nitrogen and oxygen atoms in total. The minimum absolute atomic E-state index is 0.0839. The van der Waals surface area contributed by atoms with Gasteiger partial charge in [-0.05, 0) is 39.0 Å². The lowest BCUT2D eigenvalue weighted by Gasteiger charge is -2.24. The van der Waals surface area contributed by atoms with E-state index < -0.39 is 0 Å². The van der Waals surface area contributed by atoms with Crippen LogP contribution >= 0.6 is 0 Å². The lowest BCUT2D eigenvalue weighted by Crippen LogP contribution is -2.29. The zero-order valence-corrected chi connectivity index (χ0v) is 12.6. The predicted octanol–water partition coefficient (Wildman–Crippen LogP) is 3.45. The highest BCUT2D eigenvalue weighted by Crippen LogP contribution is 2.20. The van der Waals surface area contributed by atoms with Gasteiger partial charge in [-0.25, -0.2) is 4.39 Å². The van der Waals surface area contributed by atoms with E-state index in [1.165, 1.54) is 12.5 Å². The van der Waals surface area contributed by atoms with Gasteiger partial charge in [0.2, 0.25) is 0 Å². The zero-order chi connectivity index (χ0) is 14.3. The van der Waals surface area contributed by atoms with Crippen molar-refractivity contribution in [3.63, 3.8) is 0 Å². The molecule has 0 bridgehead atoms. The molecule has 2 unspecified atom stereocenters. The fraction of sp³-hybridized carbons (Fsp3) is 0.625. The van der Waals surface area contributed by atoms with Crippen molar-refractivity contribution in [3.8, 4) is 0 Å². The summed E-state index contributed by atoms with van der Waals surface area (Å²) < 4.78 is 13.8. The number of hydrogen-bond acceptors (Lipinski definition) is 2. The van der Waals surface area contributed by atoms with Crippen molar-refractivity contribution in [2.45, 2.75) is 32.7 Å². The lowest BCUT2D eigenvalue weighted by atomic mass is 10.0. The highest BCUT2D eigenvalue weighted by Gasteiger charge is 2.14. The number of nitrogens with zero attached hydrogens (tertiary/aromatic N) is 1. The lowest BCUT2D eigenvalue weighted by molar-refractivity contribution is 0.267. The molecular formula is C16H27FN2. The molecule has 1 rings (SSSR count). The molecule has 3 heteroatoms. The van der Waals surface area contributed by atoms with Crippen LogP contribution in [0, 0.1) is 11.7 Å². The van der Waals surface area contributed by atoms with E-state index in [0.29, 0.717) is 5.92 Å². The minimum Gasteiger partial charge on any atom is -0.313 e. The highest BCUT2D eigenvalue weighted by atomic mass is 19.1. The van der Waals surface area contributed by atoms with E-state index in [2.05, 4.69) is 31.1 Å². The van der Waals surface area contributed by atoms with Crippen molar-refractivity contribution in [2.75, 3.05) is 27.2 Å². The highest BCUT2D eigenvalue weighted by molar-refractivity contribution is 5.21. The molecule has 0 aliphatic carbocycles. The molecule has 2 atom stereocenters. The molecule has 108 valence electrons. The van der Waals surface area contributed by atoms with Crippen molar-refractivity contribution in [3.05, 3.63) is 35.6 Å². The summed E-state index contributed by atoms with van der Waals surface area (Å²) in [6.07, 6.45) is 2.12. The van der Waals surface area contributed by atoms with Crippen LogP contribution in [-0.4, -0.2) is 32.1 Å². The number of rotatable bonds is 8. The Morgan fingerprint density at radius 2 is 2.00 bits per heavy atom. The van der Waals surface area contributed by atoms with Crippen LogP contribution in [0.5, 0.6) is 0 Å². The van der Waals surface area contributed by atoms with Crippen LogP contribution in [0.2, 0.25) is 0 Å². The van der Waals surface area contributed by atoms with Crippen molar-refractivity contribution in [1.82, 2.24) is 10.2 Å². The number of nitrogens with one attached hydrogen (secondary N) is 1. The Kier molecular flexibility index (Phi) is 7.03. The maximum atomic E-state index is 13.8. The molecule has 0 aliphatic heterocycles. The molecule has 0 aliphatic rings. The molecule has 1 N–H and O–H groups in total. The van der Waals surface area contributed by atoms with Gasteiger partial charge in [0.25, 0.3) is 0 Å². The van der Waals surface area contributed by atoms with E-state index in [4.69, 9.17) is 0 Å². The molecule has 0 spiro atoms. The molecule has 0 saturated heterocycles. The summed E-state index contributed by atoms with van der Waals surface area (Å²) >= 11 is 0. The number of benzene rings is 1. The van der Waals surface area contributed by atoms with Crippen LogP contribution in [0.3, 0.4) is 0 Å². The summed E-state index contributed by atoms with van der Waals surface area (Å²) in [7, 11) is 4.03. The first-order chi connectivity index (χ1) is 9.08. The van der Waals surface area contributed by atoms with Crippen LogP contribution in [-0.2, 0) is 0 Å². The second-order valence-electron chi connectivity index (χ2n) is 5.43. The summed E-state index contributed by atoms with van der Waals surface area (Å²) in [5.74, 6) is 0.595. The van der Waals surface area contributed by atoms with Gasteiger partial charge in [0, 0.05) is 18.2 Å². The minimum atomic E-state index is -0.119. The fourth-order valence-electron chi connectivity index (χ4n) is 2.31.